The first-order valence-electron chi connectivity index (χ1n) is 8.06. The number of aromatic nitrogens is 1. The van der Waals surface area contributed by atoms with Gasteiger partial charge in [0.15, 0.2) is 5.76 Å². The van der Waals surface area contributed by atoms with Crippen molar-refractivity contribution >= 4 is 22.4 Å². The fourth-order valence-electron chi connectivity index (χ4n) is 2.79. The number of hydrogen-bond acceptors (Lipinski definition) is 4. The zero-order valence-corrected chi connectivity index (χ0v) is 13.7. The molecule has 5 heteroatoms. The fourth-order valence-corrected chi connectivity index (χ4v) is 2.79. The average molecular weight is 342 g/mol. The molecule has 2 heterocycles. The van der Waals surface area contributed by atoms with Crippen LogP contribution in [0.5, 0.6) is 0 Å². The Hall–Kier alpha value is -3.73. The first-order valence-corrected chi connectivity index (χ1v) is 8.06. The lowest BCUT2D eigenvalue weighted by atomic mass is 10.1. The summed E-state index contributed by atoms with van der Waals surface area (Å²) in [6.45, 7) is 0. The summed E-state index contributed by atoms with van der Waals surface area (Å²) in [7, 11) is 0. The van der Waals surface area contributed by atoms with Crippen LogP contribution in [0.3, 0.4) is 0 Å². The molecule has 126 valence electrons. The smallest absolute Gasteiger partial charge is 0.344 e. The number of amides is 1. The molecule has 1 N–H and O–H groups in total. The van der Waals surface area contributed by atoms with Crippen LogP contribution in [0.2, 0.25) is 0 Å². The van der Waals surface area contributed by atoms with E-state index in [9.17, 15) is 9.59 Å². The number of hydrogen-bond donors (Lipinski definition) is 1. The van der Waals surface area contributed by atoms with Gasteiger partial charge in [-0.25, -0.2) is 4.79 Å². The molecule has 0 radical (unpaired) electrons. The van der Waals surface area contributed by atoms with Crippen molar-refractivity contribution in [1.82, 2.24) is 4.98 Å². The Morgan fingerprint density at radius 3 is 2.58 bits per heavy atom. The average Bonchev–Trinajstić information content (AvgIpc) is 2.69. The molecular weight excluding hydrogens is 328 g/mol. The van der Waals surface area contributed by atoms with Gasteiger partial charge in [-0.15, -0.1) is 0 Å². The Balaban J connectivity index is 1.71. The van der Waals surface area contributed by atoms with Crippen LogP contribution in [0.4, 0.5) is 5.69 Å². The topological polar surface area (TPSA) is 72.2 Å². The van der Waals surface area contributed by atoms with Crippen molar-refractivity contribution in [2.24, 2.45) is 0 Å². The van der Waals surface area contributed by atoms with Gasteiger partial charge < -0.3 is 9.73 Å². The van der Waals surface area contributed by atoms with Crippen LogP contribution in [0, 0.1) is 0 Å². The third-order valence-electron chi connectivity index (χ3n) is 4.05. The first kappa shape index (κ1) is 15.8. The number of nitrogens with zero attached hydrogens (tertiary/aromatic N) is 1. The van der Waals surface area contributed by atoms with Crippen molar-refractivity contribution in [3.63, 3.8) is 0 Å². The molecule has 0 unspecified atom stereocenters. The van der Waals surface area contributed by atoms with Crippen LogP contribution in [-0.4, -0.2) is 10.9 Å². The molecule has 4 aromatic rings. The van der Waals surface area contributed by atoms with Gasteiger partial charge in [0.25, 0.3) is 5.91 Å². The molecule has 0 aliphatic heterocycles. The predicted molar refractivity (Wildman–Crippen MR) is 100 cm³/mol. The SMILES string of the molecule is O=C(Nc1cnccc1-c1ccccc1)c1cc2ccccc2c(=O)o1. The van der Waals surface area contributed by atoms with Crippen molar-refractivity contribution < 1.29 is 9.21 Å². The Morgan fingerprint density at radius 2 is 1.73 bits per heavy atom. The standard InChI is InChI=1S/C21H14N2O3/c24-20(19-12-15-8-4-5-9-17(15)21(25)26-19)23-18-13-22-11-10-16(18)14-6-2-1-3-7-14/h1-13H,(H,23,24). The number of benzene rings is 2. The number of anilines is 1. The van der Waals surface area contributed by atoms with Crippen molar-refractivity contribution in [2.75, 3.05) is 5.32 Å². The van der Waals surface area contributed by atoms with Gasteiger partial charge in [-0.05, 0) is 29.1 Å². The Bertz CT molecular complexity index is 1150. The minimum Gasteiger partial charge on any atom is -0.417 e. The maximum Gasteiger partial charge on any atom is 0.344 e. The van der Waals surface area contributed by atoms with Gasteiger partial charge in [0.05, 0.1) is 17.3 Å². The van der Waals surface area contributed by atoms with E-state index < -0.39 is 11.5 Å². The van der Waals surface area contributed by atoms with Gasteiger partial charge in [0, 0.05) is 11.8 Å². The summed E-state index contributed by atoms with van der Waals surface area (Å²) in [6.07, 6.45) is 3.23. The van der Waals surface area contributed by atoms with Crippen LogP contribution < -0.4 is 10.9 Å². The second kappa shape index (κ2) is 6.64. The molecule has 0 spiro atoms. The number of fused-ring (bicyclic) bond motifs is 1. The van der Waals surface area contributed by atoms with Crippen LogP contribution in [0.1, 0.15) is 10.6 Å². The van der Waals surface area contributed by atoms with Gasteiger partial charge in [0.1, 0.15) is 0 Å². The highest BCUT2D eigenvalue weighted by atomic mass is 16.4. The zero-order valence-electron chi connectivity index (χ0n) is 13.7. The number of pyridine rings is 1. The number of nitrogens with one attached hydrogen (secondary N) is 1. The van der Waals surface area contributed by atoms with Crippen LogP contribution >= 0.6 is 0 Å². The predicted octanol–water partition coefficient (Wildman–Crippen LogP) is 4.11. The van der Waals surface area contributed by atoms with Gasteiger partial charge in [-0.3, -0.25) is 9.78 Å². The third kappa shape index (κ3) is 2.98. The van der Waals surface area contributed by atoms with Gasteiger partial charge in [0.2, 0.25) is 0 Å². The second-order valence-electron chi connectivity index (χ2n) is 5.73. The molecule has 0 saturated carbocycles. The lowest BCUT2D eigenvalue weighted by molar-refractivity contribution is 0.0993. The van der Waals surface area contributed by atoms with E-state index in [0.717, 1.165) is 11.1 Å². The maximum absolute atomic E-state index is 12.6. The third-order valence-corrected chi connectivity index (χ3v) is 4.05. The monoisotopic (exact) mass is 342 g/mol. The van der Waals surface area contributed by atoms with Crippen molar-refractivity contribution in [1.29, 1.82) is 0 Å². The van der Waals surface area contributed by atoms with Crippen LogP contribution in [0.25, 0.3) is 21.9 Å². The molecule has 0 aliphatic carbocycles. The van der Waals surface area contributed by atoms with Gasteiger partial charge in [-0.2, -0.15) is 0 Å². The van der Waals surface area contributed by atoms with E-state index in [1.165, 1.54) is 0 Å². The fraction of sp³-hybridized carbons (Fsp3) is 0. The largest absolute Gasteiger partial charge is 0.417 e. The van der Waals surface area contributed by atoms with E-state index in [2.05, 4.69) is 10.3 Å². The molecule has 2 aromatic heterocycles. The van der Waals surface area contributed by atoms with E-state index in [4.69, 9.17) is 4.42 Å². The molecule has 5 nitrogen and oxygen atoms in total. The summed E-state index contributed by atoms with van der Waals surface area (Å²) >= 11 is 0. The minimum atomic E-state index is -0.539. The molecule has 0 bridgehead atoms. The van der Waals surface area contributed by atoms with E-state index in [1.807, 2.05) is 36.4 Å². The van der Waals surface area contributed by atoms with Gasteiger partial charge in [-0.1, -0.05) is 48.5 Å². The Morgan fingerprint density at radius 1 is 0.962 bits per heavy atom. The first-order chi connectivity index (χ1) is 12.7. The van der Waals surface area contributed by atoms with E-state index >= 15 is 0 Å². The van der Waals surface area contributed by atoms with Crippen molar-refractivity contribution in [2.45, 2.75) is 0 Å². The normalized spacial score (nSPS) is 10.6. The Labute approximate surface area is 148 Å². The van der Waals surface area contributed by atoms with Crippen molar-refractivity contribution in [3.05, 3.63) is 95.3 Å². The molecule has 4 rings (SSSR count). The highest BCUT2D eigenvalue weighted by Gasteiger charge is 2.14. The van der Waals surface area contributed by atoms with Crippen LogP contribution in [-0.2, 0) is 0 Å². The van der Waals surface area contributed by atoms with E-state index in [0.29, 0.717) is 16.5 Å². The quantitative estimate of drug-likeness (QED) is 0.608. The minimum absolute atomic E-state index is 0.0448. The van der Waals surface area contributed by atoms with Crippen LogP contribution in [0.15, 0.2) is 88.3 Å². The molecule has 26 heavy (non-hydrogen) atoms. The highest BCUT2D eigenvalue weighted by Crippen LogP contribution is 2.27. The lowest BCUT2D eigenvalue weighted by Gasteiger charge is -2.10. The number of rotatable bonds is 3. The molecule has 0 fully saturated rings. The summed E-state index contributed by atoms with van der Waals surface area (Å²) < 4.78 is 5.18. The Kier molecular flexibility index (Phi) is 4.03. The highest BCUT2D eigenvalue weighted by molar-refractivity contribution is 6.05. The summed E-state index contributed by atoms with van der Waals surface area (Å²) in [4.78, 5) is 28.8. The lowest BCUT2D eigenvalue weighted by Crippen LogP contribution is -2.15. The summed E-state index contributed by atoms with van der Waals surface area (Å²) in [5.74, 6) is -0.547. The molecule has 2 aromatic carbocycles. The maximum atomic E-state index is 12.6. The number of carbonyl (C=O) groups is 1. The molecule has 0 atom stereocenters. The van der Waals surface area contributed by atoms with Gasteiger partial charge >= 0.3 is 5.63 Å². The molecule has 0 saturated heterocycles. The van der Waals surface area contributed by atoms with E-state index in [-0.39, 0.29) is 5.76 Å². The summed E-state index contributed by atoms with van der Waals surface area (Å²) in [5.41, 5.74) is 1.78. The molecular formula is C21H14N2O3. The number of carbonyl (C=O) groups excluding carboxylic acids is 1. The second-order valence-corrected chi connectivity index (χ2v) is 5.73. The molecule has 0 aliphatic rings. The molecule has 1 amide bonds. The zero-order chi connectivity index (χ0) is 17.9. The summed E-state index contributed by atoms with van der Waals surface area (Å²) in [5, 5.41) is 3.88. The van der Waals surface area contributed by atoms with E-state index in [1.54, 1.807) is 42.7 Å². The summed E-state index contributed by atoms with van der Waals surface area (Å²) in [6, 6.07) is 20.0. The van der Waals surface area contributed by atoms with Crippen molar-refractivity contribution in [3.8, 4) is 11.1 Å².